The van der Waals surface area contributed by atoms with Gasteiger partial charge in [0.1, 0.15) is 0 Å². The van der Waals surface area contributed by atoms with Crippen LogP contribution in [0, 0.1) is 0 Å². The number of carboxylic acid groups (broad SMARTS) is 2. The van der Waals surface area contributed by atoms with Crippen molar-refractivity contribution in [3.05, 3.63) is 23.3 Å². The van der Waals surface area contributed by atoms with E-state index < -0.39 is 11.9 Å². The predicted octanol–water partition coefficient (Wildman–Crippen LogP) is 0.790. The van der Waals surface area contributed by atoms with Crippen molar-refractivity contribution < 1.29 is 19.8 Å². The van der Waals surface area contributed by atoms with Crippen LogP contribution in [-0.2, 0) is 9.59 Å². The van der Waals surface area contributed by atoms with E-state index in [2.05, 4.69) is 0 Å². The molecule has 0 amide bonds. The minimum atomic E-state index is -1.22. The number of rotatable bonds is 4. The van der Waals surface area contributed by atoms with Gasteiger partial charge < -0.3 is 10.2 Å². The summed E-state index contributed by atoms with van der Waals surface area (Å²) in [6.07, 6.45) is 3.15. The van der Waals surface area contributed by atoms with Gasteiger partial charge >= 0.3 is 30.8 Å². The number of allylic oxidation sites excluding steroid dienone is 2. The molecule has 0 saturated carbocycles. The molecule has 0 heterocycles. The van der Waals surface area contributed by atoms with E-state index in [9.17, 15) is 9.59 Å². The molecule has 4 nitrogen and oxygen atoms in total. The van der Waals surface area contributed by atoms with E-state index >= 15 is 0 Å². The molecule has 0 aliphatic rings. The molecule has 74 valence electrons. The fourth-order valence-electron chi connectivity index (χ4n) is 0.911. The van der Waals surface area contributed by atoms with Crippen LogP contribution < -0.4 is 0 Å². The van der Waals surface area contributed by atoms with Gasteiger partial charge in [0.05, 0.1) is 11.1 Å². The Hall–Kier alpha value is -0.983. The molecule has 0 rings (SSSR count). The van der Waals surface area contributed by atoms with Gasteiger partial charge in [-0.1, -0.05) is 19.1 Å². The van der Waals surface area contributed by atoms with E-state index in [4.69, 9.17) is 10.2 Å². The van der Waals surface area contributed by atoms with Crippen molar-refractivity contribution >= 4 is 30.8 Å². The van der Waals surface area contributed by atoms with Crippen LogP contribution in [-0.4, -0.2) is 41.0 Å². The molecule has 5 heteroatoms. The quantitative estimate of drug-likeness (QED) is 0.392. The Balaban J connectivity index is 0. The molecular formula is C9H13LiO4. The van der Waals surface area contributed by atoms with Crippen molar-refractivity contribution in [1.29, 1.82) is 0 Å². The van der Waals surface area contributed by atoms with Crippen LogP contribution in [0.1, 0.15) is 20.3 Å². The van der Waals surface area contributed by atoms with Crippen LogP contribution in [0.3, 0.4) is 0 Å². The molecule has 0 aromatic carbocycles. The first-order chi connectivity index (χ1) is 6.04. The summed E-state index contributed by atoms with van der Waals surface area (Å²) in [6.45, 7) is 3.24. The van der Waals surface area contributed by atoms with E-state index in [1.807, 2.05) is 0 Å². The molecule has 0 aromatic heterocycles. The summed E-state index contributed by atoms with van der Waals surface area (Å²) in [5, 5.41) is 17.3. The first-order valence-corrected chi connectivity index (χ1v) is 3.88. The van der Waals surface area contributed by atoms with Gasteiger partial charge in [-0.25, -0.2) is 9.59 Å². The fourth-order valence-corrected chi connectivity index (χ4v) is 0.911. The third-order valence-corrected chi connectivity index (χ3v) is 1.45. The summed E-state index contributed by atoms with van der Waals surface area (Å²) < 4.78 is 0. The van der Waals surface area contributed by atoms with Gasteiger partial charge in [-0.2, -0.15) is 0 Å². The van der Waals surface area contributed by atoms with Crippen LogP contribution in [0.25, 0.3) is 0 Å². The summed E-state index contributed by atoms with van der Waals surface area (Å²) in [7, 11) is 0. The Labute approximate surface area is 94.5 Å². The molecule has 0 fully saturated rings. The third kappa shape index (κ3) is 4.31. The number of carboxylic acids is 2. The zero-order valence-corrected chi connectivity index (χ0v) is 7.57. The molecule has 14 heavy (non-hydrogen) atoms. The summed E-state index contributed by atoms with van der Waals surface area (Å²) in [5.74, 6) is -2.43. The molecule has 0 aliphatic heterocycles. The normalized spacial score (nSPS) is 11.9. The van der Waals surface area contributed by atoms with Crippen LogP contribution in [0.4, 0.5) is 0 Å². The Morgan fingerprint density at radius 2 is 1.57 bits per heavy atom. The van der Waals surface area contributed by atoms with Crippen LogP contribution in [0.2, 0.25) is 0 Å². The van der Waals surface area contributed by atoms with Crippen LogP contribution in [0.15, 0.2) is 23.3 Å². The van der Waals surface area contributed by atoms with Crippen molar-refractivity contribution in [3.8, 4) is 0 Å². The number of aliphatic carboxylic acids is 2. The second kappa shape index (κ2) is 7.42. The zero-order valence-electron chi connectivity index (χ0n) is 7.57. The van der Waals surface area contributed by atoms with Crippen molar-refractivity contribution in [1.82, 2.24) is 0 Å². The van der Waals surface area contributed by atoms with Gasteiger partial charge in [0, 0.05) is 0 Å². The predicted molar refractivity (Wildman–Crippen MR) is 54.6 cm³/mol. The Morgan fingerprint density at radius 3 is 1.79 bits per heavy atom. The maximum atomic E-state index is 10.6. The van der Waals surface area contributed by atoms with E-state index in [1.54, 1.807) is 6.92 Å². The van der Waals surface area contributed by atoms with Gasteiger partial charge in [-0.15, -0.1) is 0 Å². The molecule has 0 atom stereocenters. The molecule has 0 spiro atoms. The monoisotopic (exact) mass is 192 g/mol. The summed E-state index contributed by atoms with van der Waals surface area (Å²) >= 11 is 0. The first-order valence-electron chi connectivity index (χ1n) is 3.88. The molecule has 0 unspecified atom stereocenters. The fraction of sp³-hybridized carbons (Fsp3) is 0.333. The average molecular weight is 192 g/mol. The van der Waals surface area contributed by atoms with Crippen molar-refractivity contribution in [2.75, 3.05) is 0 Å². The molecule has 2 N–H and O–H groups in total. The summed E-state index contributed by atoms with van der Waals surface area (Å²) in [5.41, 5.74) is -0.327. The standard InChI is InChI=1S/C9H12O4.Li.H/c1-3-5-7(9(12)13)6(4-2)8(10)11;;/h4-5H,3H2,1-2H3,(H,10,11)(H,12,13);;. The number of hydrogen-bond acceptors (Lipinski definition) is 2. The van der Waals surface area contributed by atoms with Gasteiger partial charge in [0.25, 0.3) is 0 Å². The molecular weight excluding hydrogens is 179 g/mol. The van der Waals surface area contributed by atoms with Gasteiger partial charge in [0.15, 0.2) is 0 Å². The first kappa shape index (κ1) is 15.5. The summed E-state index contributed by atoms with van der Waals surface area (Å²) in [6, 6.07) is 0. The molecule has 0 radical (unpaired) electrons. The molecule has 0 bridgehead atoms. The average Bonchev–Trinajstić information content (AvgIpc) is 2.03. The van der Waals surface area contributed by atoms with E-state index in [-0.39, 0.29) is 30.0 Å². The molecule has 0 aromatic rings. The molecule has 0 saturated heterocycles. The Morgan fingerprint density at radius 1 is 1.14 bits per heavy atom. The van der Waals surface area contributed by atoms with E-state index in [0.717, 1.165) is 0 Å². The van der Waals surface area contributed by atoms with E-state index in [1.165, 1.54) is 19.1 Å². The van der Waals surface area contributed by atoms with Crippen molar-refractivity contribution in [2.45, 2.75) is 20.3 Å². The van der Waals surface area contributed by atoms with Gasteiger partial charge in [-0.3, -0.25) is 0 Å². The number of carbonyl (C=O) groups is 2. The second-order valence-electron chi connectivity index (χ2n) is 2.34. The van der Waals surface area contributed by atoms with Gasteiger partial charge in [0.2, 0.25) is 0 Å². The Kier molecular flexibility index (Phi) is 8.21. The van der Waals surface area contributed by atoms with Crippen LogP contribution >= 0.6 is 0 Å². The summed E-state index contributed by atoms with van der Waals surface area (Å²) in [4.78, 5) is 21.2. The molecule has 0 aliphatic carbocycles. The van der Waals surface area contributed by atoms with Crippen molar-refractivity contribution in [3.63, 3.8) is 0 Å². The number of hydrogen-bond donors (Lipinski definition) is 2. The van der Waals surface area contributed by atoms with Gasteiger partial charge in [-0.05, 0) is 13.3 Å². The van der Waals surface area contributed by atoms with E-state index in [0.29, 0.717) is 6.42 Å². The Bertz CT molecular complexity index is 279. The third-order valence-electron chi connectivity index (χ3n) is 1.45. The minimum absolute atomic E-state index is 0. The second-order valence-corrected chi connectivity index (χ2v) is 2.34. The zero-order chi connectivity index (χ0) is 10.4. The SMILES string of the molecule is CC=C(C(=O)O)C(=CCC)C(=O)O.[LiH]. The topological polar surface area (TPSA) is 74.6 Å². The van der Waals surface area contributed by atoms with Crippen LogP contribution in [0.5, 0.6) is 0 Å². The maximum absolute atomic E-state index is 10.6. The van der Waals surface area contributed by atoms with Crippen molar-refractivity contribution in [2.24, 2.45) is 0 Å².